The summed E-state index contributed by atoms with van der Waals surface area (Å²) in [5.41, 5.74) is 0.593. The average Bonchev–Trinajstić information content (AvgIpc) is 2.88. The molecular formula is C10H14O3S. The second kappa shape index (κ2) is 5.12. The first-order chi connectivity index (χ1) is 6.58. The molecule has 4 heteroatoms. The highest BCUT2D eigenvalue weighted by Gasteiger charge is 2.04. The van der Waals surface area contributed by atoms with Crippen LogP contribution in [-0.4, -0.2) is 13.0 Å². The molecule has 0 unspecified atom stereocenters. The molecule has 0 aromatic heterocycles. The van der Waals surface area contributed by atoms with Gasteiger partial charge in [-0.3, -0.25) is 4.55 Å². The zero-order valence-electron chi connectivity index (χ0n) is 7.89. The molecule has 0 bridgehead atoms. The maximum absolute atomic E-state index is 10.4. The van der Waals surface area contributed by atoms with E-state index in [0.717, 1.165) is 0 Å². The summed E-state index contributed by atoms with van der Waals surface area (Å²) in [6, 6.07) is 8.52. The molecule has 1 aliphatic rings. The molecule has 1 fully saturated rings. The van der Waals surface area contributed by atoms with Crippen LogP contribution in [0.3, 0.4) is 0 Å². The molecule has 0 aliphatic heterocycles. The van der Waals surface area contributed by atoms with Gasteiger partial charge in [-0.25, -0.2) is 0 Å². The van der Waals surface area contributed by atoms with Gasteiger partial charge in [0.25, 0.3) is 10.1 Å². The van der Waals surface area contributed by atoms with Gasteiger partial charge in [-0.05, 0) is 5.56 Å². The maximum atomic E-state index is 10.4. The molecule has 1 aliphatic carbocycles. The van der Waals surface area contributed by atoms with Crippen LogP contribution in [0, 0.1) is 0 Å². The van der Waals surface area contributed by atoms with E-state index in [9.17, 15) is 8.42 Å². The highest BCUT2D eigenvalue weighted by molar-refractivity contribution is 7.85. The van der Waals surface area contributed by atoms with Crippen LogP contribution in [0.1, 0.15) is 24.8 Å². The minimum atomic E-state index is -3.88. The predicted octanol–water partition coefficient (Wildman–Crippen LogP) is 2.24. The molecule has 0 heterocycles. The molecule has 1 N–H and O–H groups in total. The fourth-order valence-corrected chi connectivity index (χ4v) is 1.40. The Morgan fingerprint density at radius 2 is 1.57 bits per heavy atom. The lowest BCUT2D eigenvalue weighted by atomic mass is 10.2. The van der Waals surface area contributed by atoms with Crippen molar-refractivity contribution in [1.29, 1.82) is 0 Å². The van der Waals surface area contributed by atoms with E-state index >= 15 is 0 Å². The van der Waals surface area contributed by atoms with Crippen molar-refractivity contribution < 1.29 is 13.0 Å². The molecule has 0 amide bonds. The van der Waals surface area contributed by atoms with Crippen molar-refractivity contribution in [2.75, 3.05) is 0 Å². The zero-order valence-corrected chi connectivity index (χ0v) is 8.70. The Morgan fingerprint density at radius 1 is 1.07 bits per heavy atom. The van der Waals surface area contributed by atoms with Crippen molar-refractivity contribution in [1.82, 2.24) is 0 Å². The summed E-state index contributed by atoms with van der Waals surface area (Å²) in [4.78, 5) is 0. The van der Waals surface area contributed by atoms with Crippen LogP contribution in [0.5, 0.6) is 0 Å². The van der Waals surface area contributed by atoms with Gasteiger partial charge in [0.05, 0.1) is 0 Å². The first-order valence-corrected chi connectivity index (χ1v) is 6.18. The Hall–Kier alpha value is -0.870. The predicted molar refractivity (Wildman–Crippen MR) is 55.5 cm³/mol. The van der Waals surface area contributed by atoms with E-state index in [1.54, 1.807) is 30.3 Å². The molecule has 14 heavy (non-hydrogen) atoms. The van der Waals surface area contributed by atoms with Gasteiger partial charge < -0.3 is 0 Å². The number of benzene rings is 1. The summed E-state index contributed by atoms with van der Waals surface area (Å²) in [7, 11) is -3.88. The van der Waals surface area contributed by atoms with Crippen molar-refractivity contribution in [3.63, 3.8) is 0 Å². The molecule has 0 atom stereocenters. The largest absolute Gasteiger partial charge is 0.285 e. The Balaban J connectivity index is 0.000000276. The van der Waals surface area contributed by atoms with Gasteiger partial charge in [-0.1, -0.05) is 49.6 Å². The third kappa shape index (κ3) is 6.62. The van der Waals surface area contributed by atoms with E-state index in [1.807, 2.05) is 0 Å². The van der Waals surface area contributed by atoms with Crippen molar-refractivity contribution >= 4 is 10.1 Å². The average molecular weight is 214 g/mol. The third-order valence-electron chi connectivity index (χ3n) is 1.55. The monoisotopic (exact) mass is 214 g/mol. The molecule has 0 radical (unpaired) electrons. The second-order valence-electron chi connectivity index (χ2n) is 3.27. The number of hydrogen-bond donors (Lipinski definition) is 1. The van der Waals surface area contributed by atoms with Crippen LogP contribution in [0.2, 0.25) is 0 Å². The zero-order chi connectivity index (χ0) is 10.4. The van der Waals surface area contributed by atoms with Crippen LogP contribution in [0.15, 0.2) is 30.3 Å². The van der Waals surface area contributed by atoms with Crippen LogP contribution < -0.4 is 0 Å². The first kappa shape index (κ1) is 11.2. The quantitative estimate of drug-likeness (QED) is 0.768. The third-order valence-corrected chi connectivity index (χ3v) is 2.24. The van der Waals surface area contributed by atoms with Gasteiger partial charge in [-0.2, -0.15) is 8.42 Å². The lowest BCUT2D eigenvalue weighted by Crippen LogP contribution is -2.00. The van der Waals surface area contributed by atoms with Crippen molar-refractivity contribution in [3.8, 4) is 0 Å². The molecule has 0 spiro atoms. The first-order valence-electron chi connectivity index (χ1n) is 4.57. The summed E-state index contributed by atoms with van der Waals surface area (Å²) < 4.78 is 29.2. The van der Waals surface area contributed by atoms with Crippen LogP contribution in [-0.2, 0) is 15.9 Å². The van der Waals surface area contributed by atoms with Gasteiger partial charge in [0, 0.05) is 0 Å². The highest BCUT2D eigenvalue weighted by Crippen LogP contribution is 2.14. The molecular weight excluding hydrogens is 200 g/mol. The molecule has 1 saturated carbocycles. The smallest absolute Gasteiger partial charge is 0.269 e. The molecule has 78 valence electrons. The Kier molecular flexibility index (Phi) is 4.10. The topological polar surface area (TPSA) is 54.4 Å². The number of rotatable bonds is 2. The Morgan fingerprint density at radius 3 is 1.93 bits per heavy atom. The highest BCUT2D eigenvalue weighted by atomic mass is 32.2. The SMILES string of the molecule is C1CC1.O=S(=O)(O)Cc1ccccc1. The summed E-state index contributed by atoms with van der Waals surface area (Å²) in [6.07, 6.45) is 4.50. The van der Waals surface area contributed by atoms with Crippen LogP contribution in [0.4, 0.5) is 0 Å². The maximum Gasteiger partial charge on any atom is 0.269 e. The van der Waals surface area contributed by atoms with Gasteiger partial charge in [0.2, 0.25) is 0 Å². The van der Waals surface area contributed by atoms with Gasteiger partial charge in [0.15, 0.2) is 0 Å². The van der Waals surface area contributed by atoms with Crippen LogP contribution in [0.25, 0.3) is 0 Å². The van der Waals surface area contributed by atoms with Gasteiger partial charge in [-0.15, -0.1) is 0 Å². The lowest BCUT2D eigenvalue weighted by molar-refractivity contribution is 0.482. The van der Waals surface area contributed by atoms with Crippen molar-refractivity contribution in [2.45, 2.75) is 25.0 Å². The standard InChI is InChI=1S/C7H8O3S.C3H6/c8-11(9,10)6-7-4-2-1-3-5-7;1-2-3-1/h1-5H,6H2,(H,8,9,10);1-3H2. The molecule has 2 rings (SSSR count). The fraction of sp³-hybridized carbons (Fsp3) is 0.400. The summed E-state index contributed by atoms with van der Waals surface area (Å²) >= 11 is 0. The lowest BCUT2D eigenvalue weighted by Gasteiger charge is -1.95. The minimum Gasteiger partial charge on any atom is -0.285 e. The number of hydrogen-bond acceptors (Lipinski definition) is 2. The van der Waals surface area contributed by atoms with E-state index in [0.29, 0.717) is 5.56 Å². The van der Waals surface area contributed by atoms with E-state index in [1.165, 1.54) is 19.3 Å². The van der Waals surface area contributed by atoms with Gasteiger partial charge in [0.1, 0.15) is 5.75 Å². The molecule has 3 nitrogen and oxygen atoms in total. The minimum absolute atomic E-state index is 0.312. The summed E-state index contributed by atoms with van der Waals surface area (Å²) in [5.74, 6) is -0.312. The molecule has 1 aromatic carbocycles. The van der Waals surface area contributed by atoms with E-state index in [4.69, 9.17) is 4.55 Å². The molecule has 0 saturated heterocycles. The summed E-state index contributed by atoms with van der Waals surface area (Å²) in [5, 5.41) is 0. The second-order valence-corrected chi connectivity index (χ2v) is 4.73. The fourth-order valence-electron chi connectivity index (χ4n) is 0.785. The Bertz CT molecular complexity index is 351. The van der Waals surface area contributed by atoms with E-state index in [-0.39, 0.29) is 5.75 Å². The van der Waals surface area contributed by atoms with Crippen molar-refractivity contribution in [2.24, 2.45) is 0 Å². The van der Waals surface area contributed by atoms with E-state index < -0.39 is 10.1 Å². The van der Waals surface area contributed by atoms with E-state index in [2.05, 4.69) is 0 Å². The normalized spacial score (nSPS) is 14.1. The van der Waals surface area contributed by atoms with Crippen LogP contribution >= 0.6 is 0 Å². The summed E-state index contributed by atoms with van der Waals surface area (Å²) in [6.45, 7) is 0. The molecule has 1 aromatic rings. The Labute approximate surface area is 84.5 Å². The van der Waals surface area contributed by atoms with Crippen molar-refractivity contribution in [3.05, 3.63) is 35.9 Å². The van der Waals surface area contributed by atoms with Gasteiger partial charge >= 0.3 is 0 Å².